The molecule has 1 aromatic rings. The van der Waals surface area contributed by atoms with E-state index in [0.717, 1.165) is 10.0 Å². The van der Waals surface area contributed by atoms with E-state index in [2.05, 4.69) is 20.7 Å². The molecule has 108 valence electrons. The van der Waals surface area contributed by atoms with Crippen molar-refractivity contribution >= 4 is 15.9 Å². The van der Waals surface area contributed by atoms with Gasteiger partial charge in [0.05, 0.1) is 6.61 Å². The Hall–Kier alpha value is -0.790. The Morgan fingerprint density at radius 2 is 2.00 bits per heavy atom. The van der Waals surface area contributed by atoms with Gasteiger partial charge in [0.25, 0.3) is 0 Å². The third kappa shape index (κ3) is 6.26. The highest BCUT2D eigenvalue weighted by atomic mass is 79.9. The lowest BCUT2D eigenvalue weighted by Gasteiger charge is -2.14. The summed E-state index contributed by atoms with van der Waals surface area (Å²) in [5.74, 6) is 0.542. The summed E-state index contributed by atoms with van der Waals surface area (Å²) in [6.07, 6.45) is -4.31. The van der Waals surface area contributed by atoms with E-state index < -0.39 is 12.8 Å². The lowest BCUT2D eigenvalue weighted by Crippen LogP contribution is -2.19. The van der Waals surface area contributed by atoms with E-state index in [-0.39, 0.29) is 19.3 Å². The van der Waals surface area contributed by atoms with Gasteiger partial charge in [-0.3, -0.25) is 0 Å². The molecular weight excluding hydrogens is 327 g/mol. The van der Waals surface area contributed by atoms with Crippen LogP contribution in [0.4, 0.5) is 13.2 Å². The van der Waals surface area contributed by atoms with Gasteiger partial charge in [-0.05, 0) is 19.1 Å². The Labute approximate surface area is 118 Å². The predicted octanol–water partition coefficient (Wildman–Crippen LogP) is 3.43. The van der Waals surface area contributed by atoms with Gasteiger partial charge in [-0.25, -0.2) is 0 Å². The molecule has 7 heteroatoms. The summed E-state index contributed by atoms with van der Waals surface area (Å²) in [6, 6.07) is 5.13. The fraction of sp³-hybridized carbons (Fsp3) is 0.500. The van der Waals surface area contributed by atoms with Crippen molar-refractivity contribution in [3.05, 3.63) is 28.2 Å². The summed E-state index contributed by atoms with van der Waals surface area (Å²) in [7, 11) is 0. The fourth-order valence-electron chi connectivity index (χ4n) is 1.41. The number of hydrogen-bond acceptors (Lipinski definition) is 3. The largest absolute Gasteiger partial charge is 0.491 e. The third-order valence-electron chi connectivity index (χ3n) is 2.22. The third-order valence-corrected chi connectivity index (χ3v) is 2.71. The van der Waals surface area contributed by atoms with Gasteiger partial charge in [0.1, 0.15) is 19.0 Å². The van der Waals surface area contributed by atoms with Crippen molar-refractivity contribution in [2.75, 3.05) is 19.8 Å². The number of halogens is 4. The van der Waals surface area contributed by atoms with Crippen molar-refractivity contribution in [3.63, 3.8) is 0 Å². The lowest BCUT2D eigenvalue weighted by atomic mass is 10.1. The van der Waals surface area contributed by atoms with Gasteiger partial charge in [0.2, 0.25) is 0 Å². The van der Waals surface area contributed by atoms with Gasteiger partial charge in [-0.15, -0.1) is 0 Å². The highest BCUT2D eigenvalue weighted by Gasteiger charge is 2.27. The van der Waals surface area contributed by atoms with E-state index in [9.17, 15) is 13.2 Å². The zero-order valence-corrected chi connectivity index (χ0v) is 11.9. The van der Waals surface area contributed by atoms with Crippen LogP contribution in [0.5, 0.6) is 5.75 Å². The summed E-state index contributed by atoms with van der Waals surface area (Å²) in [4.78, 5) is 0. The maximum absolute atomic E-state index is 11.8. The van der Waals surface area contributed by atoms with Gasteiger partial charge in [0, 0.05) is 16.1 Å². The van der Waals surface area contributed by atoms with Gasteiger partial charge in [0.15, 0.2) is 0 Å². The predicted molar refractivity (Wildman–Crippen MR) is 69.1 cm³/mol. The van der Waals surface area contributed by atoms with Crippen molar-refractivity contribution in [1.29, 1.82) is 0 Å². The van der Waals surface area contributed by atoms with Crippen LogP contribution in [0.15, 0.2) is 22.7 Å². The molecule has 1 aromatic carbocycles. The molecular formula is C12H15BrF3NO2. The first-order valence-electron chi connectivity index (χ1n) is 5.62. The van der Waals surface area contributed by atoms with Crippen LogP contribution in [-0.4, -0.2) is 26.0 Å². The van der Waals surface area contributed by atoms with Crippen LogP contribution < -0.4 is 10.5 Å². The normalized spacial score (nSPS) is 13.4. The molecule has 0 aliphatic rings. The molecule has 0 bridgehead atoms. The second kappa shape index (κ2) is 7.12. The Balaban J connectivity index is 2.46. The first-order valence-corrected chi connectivity index (χ1v) is 6.41. The molecule has 0 aromatic heterocycles. The number of alkyl halides is 3. The van der Waals surface area contributed by atoms with Gasteiger partial charge in [-0.2, -0.15) is 13.2 Å². The Kier molecular flexibility index (Phi) is 6.09. The van der Waals surface area contributed by atoms with Gasteiger partial charge in [-0.1, -0.05) is 22.0 Å². The Morgan fingerprint density at radius 1 is 1.32 bits per heavy atom. The van der Waals surface area contributed by atoms with Crippen LogP contribution in [-0.2, 0) is 4.74 Å². The molecule has 0 heterocycles. The maximum atomic E-state index is 11.8. The van der Waals surface area contributed by atoms with Crippen molar-refractivity contribution in [1.82, 2.24) is 0 Å². The maximum Gasteiger partial charge on any atom is 0.411 e. The van der Waals surface area contributed by atoms with E-state index in [1.165, 1.54) is 0 Å². The van der Waals surface area contributed by atoms with E-state index >= 15 is 0 Å². The summed E-state index contributed by atoms with van der Waals surface area (Å²) in [6.45, 7) is 0.432. The quantitative estimate of drug-likeness (QED) is 0.806. The monoisotopic (exact) mass is 341 g/mol. The van der Waals surface area contributed by atoms with Crippen LogP contribution in [0.25, 0.3) is 0 Å². The fourth-order valence-corrected chi connectivity index (χ4v) is 1.75. The number of hydrogen-bond donors (Lipinski definition) is 1. The van der Waals surface area contributed by atoms with Crippen LogP contribution in [0.1, 0.15) is 18.5 Å². The molecule has 1 rings (SSSR count). The minimum atomic E-state index is -4.31. The molecule has 3 nitrogen and oxygen atoms in total. The molecule has 0 saturated heterocycles. The summed E-state index contributed by atoms with van der Waals surface area (Å²) >= 11 is 3.29. The van der Waals surface area contributed by atoms with Crippen LogP contribution in [0.3, 0.4) is 0 Å². The van der Waals surface area contributed by atoms with Crippen molar-refractivity contribution in [3.8, 4) is 5.75 Å². The van der Waals surface area contributed by atoms with E-state index in [4.69, 9.17) is 10.5 Å². The second-order valence-electron chi connectivity index (χ2n) is 3.99. The number of rotatable bonds is 6. The second-order valence-corrected chi connectivity index (χ2v) is 4.90. The summed E-state index contributed by atoms with van der Waals surface area (Å²) in [5.41, 5.74) is 6.57. The molecule has 0 unspecified atom stereocenters. The average molecular weight is 342 g/mol. The number of ether oxygens (including phenoxy) is 2. The Morgan fingerprint density at radius 3 is 2.58 bits per heavy atom. The average Bonchev–Trinajstić information content (AvgIpc) is 2.26. The van der Waals surface area contributed by atoms with Crippen molar-refractivity contribution < 1.29 is 22.6 Å². The minimum absolute atomic E-state index is 0.0340. The van der Waals surface area contributed by atoms with E-state index in [1.54, 1.807) is 19.1 Å². The molecule has 19 heavy (non-hydrogen) atoms. The van der Waals surface area contributed by atoms with Crippen LogP contribution in [0, 0.1) is 0 Å². The standard InChI is InChI=1S/C12H15BrF3NO2/c1-8(17)10-3-2-9(13)6-11(10)19-5-4-18-7-12(14,15)16/h2-3,6,8H,4-5,7,17H2,1H3/t8-/m1/s1. The first-order chi connectivity index (χ1) is 8.79. The molecule has 0 aliphatic carbocycles. The zero-order chi connectivity index (χ0) is 14.5. The smallest absolute Gasteiger partial charge is 0.411 e. The van der Waals surface area contributed by atoms with Gasteiger partial charge >= 0.3 is 6.18 Å². The minimum Gasteiger partial charge on any atom is -0.491 e. The first kappa shape index (κ1) is 16.3. The van der Waals surface area contributed by atoms with Gasteiger partial charge < -0.3 is 15.2 Å². The summed E-state index contributed by atoms with van der Waals surface area (Å²) < 4.78 is 46.2. The highest BCUT2D eigenvalue weighted by molar-refractivity contribution is 9.10. The molecule has 0 amide bonds. The van der Waals surface area contributed by atoms with Crippen LogP contribution >= 0.6 is 15.9 Å². The van der Waals surface area contributed by atoms with E-state index in [0.29, 0.717) is 5.75 Å². The Bertz CT molecular complexity index is 410. The zero-order valence-electron chi connectivity index (χ0n) is 10.3. The molecule has 0 radical (unpaired) electrons. The highest BCUT2D eigenvalue weighted by Crippen LogP contribution is 2.27. The summed E-state index contributed by atoms with van der Waals surface area (Å²) in [5, 5.41) is 0. The SMILES string of the molecule is C[C@@H](N)c1ccc(Br)cc1OCCOCC(F)(F)F. The number of benzene rings is 1. The molecule has 0 saturated carbocycles. The molecule has 2 N–H and O–H groups in total. The van der Waals surface area contributed by atoms with Crippen molar-refractivity contribution in [2.45, 2.75) is 19.1 Å². The van der Waals surface area contributed by atoms with E-state index in [1.807, 2.05) is 6.07 Å². The lowest BCUT2D eigenvalue weighted by molar-refractivity contribution is -0.175. The molecule has 0 aliphatic heterocycles. The van der Waals surface area contributed by atoms with Crippen LogP contribution in [0.2, 0.25) is 0 Å². The topological polar surface area (TPSA) is 44.5 Å². The molecule has 0 fully saturated rings. The molecule has 0 spiro atoms. The number of nitrogens with two attached hydrogens (primary N) is 1. The molecule has 1 atom stereocenters. The van der Waals surface area contributed by atoms with Crippen molar-refractivity contribution in [2.24, 2.45) is 5.73 Å².